The zero-order valence-electron chi connectivity index (χ0n) is 32.6. The van der Waals surface area contributed by atoms with Crippen molar-refractivity contribution < 1.29 is 59.9 Å². The molecule has 1 aromatic heterocycles. The van der Waals surface area contributed by atoms with Crippen LogP contribution in [0.25, 0.3) is 6.08 Å². The number of phenolic OH excluding ortho intramolecular Hbond substituents is 2. The van der Waals surface area contributed by atoms with Crippen molar-refractivity contribution in [1.82, 2.24) is 9.97 Å². The van der Waals surface area contributed by atoms with Gasteiger partial charge in [-0.3, -0.25) is 9.69 Å². The molecular weight excluding hydrogens is 776 g/mol. The number of aliphatic hydroxyl groups is 5. The van der Waals surface area contributed by atoms with Crippen LogP contribution in [0.5, 0.6) is 17.2 Å². The monoisotopic (exact) mass is 824 g/mol. The molecule has 0 spiro atoms. The molecule has 8 rings (SSSR count). The number of aliphatic carboxylic acids is 1. The fraction of sp³-hybridized carbons (Fsp3) is 0.386. The number of ether oxygens (including phenoxy) is 2. The third kappa shape index (κ3) is 6.37. The Bertz CT molecular complexity index is 2350. The van der Waals surface area contributed by atoms with E-state index in [-0.39, 0.29) is 17.0 Å². The maximum absolute atomic E-state index is 14.8. The average molecular weight is 825 g/mol. The van der Waals surface area contributed by atoms with Gasteiger partial charge < -0.3 is 61.0 Å². The number of fused-ring (bicyclic) bond motifs is 3. The Morgan fingerprint density at radius 3 is 2.52 bits per heavy atom. The van der Waals surface area contributed by atoms with Gasteiger partial charge in [0.05, 0.1) is 24.3 Å². The Balaban J connectivity index is 1.24. The minimum Gasteiger partial charge on any atom is -0.508 e. The number of nitrogens with one attached hydrogen (secondary N) is 1. The molecule has 11 N–H and O–H groups in total. The first kappa shape index (κ1) is 41.2. The highest BCUT2D eigenvalue weighted by Gasteiger charge is 2.67. The van der Waals surface area contributed by atoms with Gasteiger partial charge in [0.1, 0.15) is 24.1 Å². The fourth-order valence-corrected chi connectivity index (χ4v) is 9.98. The molecule has 316 valence electrons. The van der Waals surface area contributed by atoms with Gasteiger partial charge in [0.15, 0.2) is 23.1 Å². The normalized spacial score (nSPS) is 32.0. The number of aromatic hydroxyl groups is 2. The highest BCUT2D eigenvalue weighted by Crippen LogP contribution is 2.64. The number of nitrogens with two attached hydrogens (primary N) is 1. The number of nitrogens with zero attached hydrogens (tertiary/aromatic N) is 2. The van der Waals surface area contributed by atoms with Gasteiger partial charge in [0, 0.05) is 47.2 Å². The Kier molecular flexibility index (Phi) is 10.6. The lowest BCUT2D eigenvalue weighted by Gasteiger charge is -2.44. The SMILES string of the molecule is CCc1nc[nH]c1Cc1cc(/C=C/C(=O)N2c3cc(O[C@]4(O)O[C@H](CO)[C@@H](O)[C@H](O)[C@H]4O)c(O)cc3[C@H]3[C@H]([C@@]4(c5ccccc5)CCC[C@H]4N)C=C[C@]32C(=O)O)ccc1O. The van der Waals surface area contributed by atoms with Gasteiger partial charge in [0.2, 0.25) is 0 Å². The Morgan fingerprint density at radius 1 is 1.07 bits per heavy atom. The van der Waals surface area contributed by atoms with Crippen LogP contribution in [-0.4, -0.2) is 111 Å². The summed E-state index contributed by atoms with van der Waals surface area (Å²) >= 11 is 0. The van der Waals surface area contributed by atoms with Gasteiger partial charge in [-0.1, -0.05) is 61.9 Å². The maximum Gasteiger partial charge on any atom is 0.355 e. The van der Waals surface area contributed by atoms with E-state index in [2.05, 4.69) is 9.97 Å². The summed E-state index contributed by atoms with van der Waals surface area (Å²) in [6, 6.07) is 16.3. The van der Waals surface area contributed by atoms with Crippen molar-refractivity contribution in [2.75, 3.05) is 11.5 Å². The number of benzene rings is 3. The molecule has 16 nitrogen and oxygen atoms in total. The molecule has 3 heterocycles. The number of imidazole rings is 1. The lowest BCUT2D eigenvalue weighted by Crippen LogP contribution is -2.67. The first-order chi connectivity index (χ1) is 28.7. The molecule has 2 fully saturated rings. The molecule has 1 saturated carbocycles. The van der Waals surface area contributed by atoms with E-state index in [0.717, 1.165) is 34.3 Å². The van der Waals surface area contributed by atoms with Crippen LogP contribution < -0.4 is 15.4 Å². The number of carbonyl (C=O) groups excluding carboxylic acids is 1. The van der Waals surface area contributed by atoms with Crippen LogP contribution in [0, 0.1) is 5.92 Å². The molecule has 0 unspecified atom stereocenters. The number of phenols is 2. The lowest BCUT2D eigenvalue weighted by atomic mass is 9.61. The molecule has 2 aliphatic carbocycles. The number of hydrogen-bond donors (Lipinski definition) is 10. The number of allylic oxidation sites excluding steroid dienone is 1. The van der Waals surface area contributed by atoms with Crippen molar-refractivity contribution in [3.63, 3.8) is 0 Å². The van der Waals surface area contributed by atoms with Crippen LogP contribution in [0.1, 0.15) is 65.7 Å². The summed E-state index contributed by atoms with van der Waals surface area (Å²) < 4.78 is 10.9. The molecular formula is C44H48N4O12. The van der Waals surface area contributed by atoms with Gasteiger partial charge >= 0.3 is 11.9 Å². The van der Waals surface area contributed by atoms with Crippen molar-refractivity contribution in [2.45, 2.75) is 92.3 Å². The van der Waals surface area contributed by atoms with Crippen LogP contribution >= 0.6 is 0 Å². The first-order valence-electron chi connectivity index (χ1n) is 19.9. The summed E-state index contributed by atoms with van der Waals surface area (Å²) in [5, 5.41) is 86.3. The van der Waals surface area contributed by atoms with E-state index in [9.17, 15) is 50.4 Å². The standard InChI is InChI=1S/C44H48N4O12/c1-2-28-29(47-22-46-28)18-24-17-23(10-12-31(24)50)11-13-36(52)48-30-20-33(59-44(58)40(55)39(54)38(53)34(21-49)60-44)32(51)19-26(30)37-27(14-16-43(37,48)41(56)57)42(15-6-9-35(42)45)25-7-4-3-5-8-25/h3-5,7-8,10-14,16-17,19-20,22,27,34-35,37-40,49-51,53-55,58H,2,6,9,15,18,21,45H2,1H3,(H,46,47)(H,56,57)/b13-11+/t27-,34-,35-,37+,38-,39+,40-,42+,43-,44+/m1/s1. The zero-order valence-corrected chi connectivity index (χ0v) is 32.6. The number of carboxylic acids is 1. The van der Waals surface area contributed by atoms with Crippen LogP contribution in [0.2, 0.25) is 0 Å². The second-order valence-electron chi connectivity index (χ2n) is 16.0. The predicted molar refractivity (Wildman–Crippen MR) is 215 cm³/mol. The van der Waals surface area contributed by atoms with E-state index in [1.165, 1.54) is 30.4 Å². The smallest absolute Gasteiger partial charge is 0.355 e. The molecule has 0 bridgehead atoms. The second-order valence-corrected chi connectivity index (χ2v) is 16.0. The minimum absolute atomic E-state index is 0.0140. The summed E-state index contributed by atoms with van der Waals surface area (Å²) in [5.41, 5.74) is 8.01. The number of rotatable bonds is 11. The summed E-state index contributed by atoms with van der Waals surface area (Å²) in [5.74, 6) is -8.09. The Hall–Kier alpha value is -5.59. The average Bonchev–Trinajstić information content (AvgIpc) is 4.02. The van der Waals surface area contributed by atoms with E-state index in [0.29, 0.717) is 36.8 Å². The Morgan fingerprint density at radius 2 is 1.83 bits per heavy atom. The van der Waals surface area contributed by atoms with Crippen molar-refractivity contribution in [3.8, 4) is 17.2 Å². The molecule has 60 heavy (non-hydrogen) atoms. The molecule has 1 saturated heterocycles. The number of amides is 1. The molecule has 0 radical (unpaired) electrons. The number of carboxylic acid groups (broad SMARTS) is 1. The summed E-state index contributed by atoms with van der Waals surface area (Å²) in [6.07, 6.45) is 2.80. The molecule has 2 aliphatic heterocycles. The molecule has 4 aromatic rings. The molecule has 3 aromatic carbocycles. The summed E-state index contributed by atoms with van der Waals surface area (Å²) in [6.45, 7) is 1.07. The topological polar surface area (TPSA) is 272 Å². The molecule has 1 amide bonds. The molecule has 4 aliphatic rings. The number of H-pyrrole nitrogens is 1. The van der Waals surface area contributed by atoms with E-state index in [1.54, 1.807) is 24.5 Å². The third-order valence-electron chi connectivity index (χ3n) is 12.9. The van der Waals surface area contributed by atoms with Crippen molar-refractivity contribution in [2.24, 2.45) is 11.7 Å². The maximum atomic E-state index is 14.8. The lowest BCUT2D eigenvalue weighted by molar-refractivity contribution is -0.422. The van der Waals surface area contributed by atoms with Gasteiger partial charge in [-0.15, -0.1) is 0 Å². The zero-order chi connectivity index (χ0) is 42.7. The summed E-state index contributed by atoms with van der Waals surface area (Å²) in [7, 11) is 0. The highest BCUT2D eigenvalue weighted by molar-refractivity contribution is 6.13. The van der Waals surface area contributed by atoms with Crippen molar-refractivity contribution in [3.05, 3.63) is 119 Å². The van der Waals surface area contributed by atoms with Gasteiger partial charge in [-0.25, -0.2) is 9.78 Å². The van der Waals surface area contributed by atoms with E-state index >= 15 is 0 Å². The molecule has 10 atom stereocenters. The van der Waals surface area contributed by atoms with Crippen LogP contribution in [0.15, 0.2) is 85.2 Å². The van der Waals surface area contributed by atoms with Crippen LogP contribution in [0.4, 0.5) is 5.69 Å². The number of aromatic nitrogens is 2. The Labute approximate surface area is 344 Å². The predicted octanol–water partition coefficient (Wildman–Crippen LogP) is 2.07. The number of anilines is 1. The second kappa shape index (κ2) is 15.5. The fourth-order valence-electron chi connectivity index (χ4n) is 9.98. The first-order valence-corrected chi connectivity index (χ1v) is 19.9. The number of aromatic amines is 1. The van der Waals surface area contributed by atoms with Gasteiger partial charge in [-0.05, 0) is 66.1 Å². The van der Waals surface area contributed by atoms with Crippen LogP contribution in [-0.2, 0) is 32.6 Å². The molecule has 16 heteroatoms. The van der Waals surface area contributed by atoms with E-state index in [1.807, 2.05) is 37.3 Å². The largest absolute Gasteiger partial charge is 0.508 e. The number of carbonyl (C=O) groups is 2. The van der Waals surface area contributed by atoms with Gasteiger partial charge in [-0.2, -0.15) is 0 Å². The minimum atomic E-state index is -3.13. The number of aryl methyl sites for hydroxylation is 1. The quantitative estimate of drug-likeness (QED) is 0.0590. The summed E-state index contributed by atoms with van der Waals surface area (Å²) in [4.78, 5) is 37.2. The highest BCUT2D eigenvalue weighted by atomic mass is 16.8. The number of hydrogen-bond acceptors (Lipinski definition) is 13. The van der Waals surface area contributed by atoms with Crippen LogP contribution in [0.3, 0.4) is 0 Å². The van der Waals surface area contributed by atoms with Crippen molar-refractivity contribution >= 4 is 23.6 Å². The third-order valence-corrected chi connectivity index (χ3v) is 12.9. The van der Waals surface area contributed by atoms with Crippen molar-refractivity contribution in [1.29, 1.82) is 0 Å². The van der Waals surface area contributed by atoms with E-state index < -0.39 is 89.2 Å². The van der Waals surface area contributed by atoms with Gasteiger partial charge in [0.25, 0.3) is 5.91 Å². The van der Waals surface area contributed by atoms with E-state index in [4.69, 9.17) is 15.2 Å². The number of aliphatic hydroxyl groups excluding tert-OH is 4.